The van der Waals surface area contributed by atoms with Crippen LogP contribution < -0.4 is 0 Å². The van der Waals surface area contributed by atoms with Crippen molar-refractivity contribution in [1.29, 1.82) is 0 Å². The molecule has 3 aliphatic rings. The van der Waals surface area contributed by atoms with Crippen LogP contribution in [0, 0.1) is 41.4 Å². The second kappa shape index (κ2) is 5.42. The first kappa shape index (κ1) is 16.7. The number of carbonyl (C=O) groups excluding carboxylic acids is 3. The van der Waals surface area contributed by atoms with Gasteiger partial charge in [-0.05, 0) is 57.3 Å². The number of fused-ring (bicyclic) bond motifs is 2. The molecule has 0 saturated heterocycles. The highest BCUT2D eigenvalue weighted by molar-refractivity contribution is 6.08. The van der Waals surface area contributed by atoms with Gasteiger partial charge < -0.3 is 4.74 Å². The molecule has 3 rings (SSSR count). The Morgan fingerprint density at radius 3 is 2.22 bits per heavy atom. The number of hydrogen-bond acceptors (Lipinski definition) is 4. The molecular formula is C19H28O4. The van der Waals surface area contributed by atoms with Crippen molar-refractivity contribution in [2.45, 2.75) is 59.5 Å². The van der Waals surface area contributed by atoms with Gasteiger partial charge in [0.05, 0.1) is 12.3 Å². The van der Waals surface area contributed by atoms with Gasteiger partial charge in [0.2, 0.25) is 0 Å². The summed E-state index contributed by atoms with van der Waals surface area (Å²) in [7, 11) is 0. The molecular weight excluding hydrogens is 292 g/mol. The normalized spacial score (nSPS) is 43.3. The van der Waals surface area contributed by atoms with Crippen LogP contribution >= 0.6 is 0 Å². The fourth-order valence-corrected chi connectivity index (χ4v) is 5.39. The van der Waals surface area contributed by atoms with Gasteiger partial charge in [-0.25, -0.2) is 0 Å². The van der Waals surface area contributed by atoms with Crippen LogP contribution in [0.15, 0.2) is 0 Å². The average molecular weight is 320 g/mol. The van der Waals surface area contributed by atoms with Crippen molar-refractivity contribution in [3.05, 3.63) is 0 Å². The number of ether oxygens (including phenoxy) is 1. The summed E-state index contributed by atoms with van der Waals surface area (Å²) in [6.07, 6.45) is 1.96. The maximum Gasteiger partial charge on any atom is 0.309 e. The summed E-state index contributed by atoms with van der Waals surface area (Å²) in [6, 6.07) is 0. The van der Waals surface area contributed by atoms with Crippen molar-refractivity contribution in [3.8, 4) is 0 Å². The van der Waals surface area contributed by atoms with Gasteiger partial charge in [0.25, 0.3) is 0 Å². The molecule has 23 heavy (non-hydrogen) atoms. The van der Waals surface area contributed by atoms with Crippen LogP contribution in [0.4, 0.5) is 0 Å². The van der Waals surface area contributed by atoms with Gasteiger partial charge in [-0.2, -0.15) is 0 Å². The molecule has 0 heterocycles. The van der Waals surface area contributed by atoms with Gasteiger partial charge in [0.1, 0.15) is 17.2 Å². The molecule has 7 atom stereocenters. The Hall–Kier alpha value is -1.19. The highest BCUT2D eigenvalue weighted by Crippen LogP contribution is 2.59. The van der Waals surface area contributed by atoms with Gasteiger partial charge >= 0.3 is 5.97 Å². The summed E-state index contributed by atoms with van der Waals surface area (Å²) < 4.78 is 5.60. The average Bonchev–Trinajstić information content (AvgIpc) is 3.03. The smallest absolute Gasteiger partial charge is 0.309 e. The number of rotatable bonds is 2. The summed E-state index contributed by atoms with van der Waals surface area (Å²) in [6.45, 7) is 9.75. The molecule has 0 aliphatic heterocycles. The van der Waals surface area contributed by atoms with Gasteiger partial charge in [0.15, 0.2) is 0 Å². The van der Waals surface area contributed by atoms with Gasteiger partial charge in [0, 0.05) is 11.8 Å². The lowest BCUT2D eigenvalue weighted by Gasteiger charge is -2.38. The van der Waals surface area contributed by atoms with Crippen molar-refractivity contribution in [2.24, 2.45) is 41.4 Å². The topological polar surface area (TPSA) is 60.4 Å². The Bertz CT molecular complexity index is 544. The first-order chi connectivity index (χ1) is 10.6. The molecule has 4 nitrogen and oxygen atoms in total. The molecule has 0 radical (unpaired) electrons. The zero-order valence-corrected chi connectivity index (χ0v) is 14.8. The highest BCUT2D eigenvalue weighted by Gasteiger charge is 2.59. The van der Waals surface area contributed by atoms with E-state index in [4.69, 9.17) is 4.74 Å². The molecule has 3 saturated carbocycles. The predicted molar refractivity (Wildman–Crippen MR) is 85.5 cm³/mol. The SMILES string of the molecule is CC1C(=O)CC(=O)C1C1C(C)C2CC(C(=O)OC(C)(C)C)C1C2. The third-order valence-corrected chi connectivity index (χ3v) is 6.38. The maximum absolute atomic E-state index is 12.6. The number of carbonyl (C=O) groups is 3. The monoisotopic (exact) mass is 320 g/mol. The lowest BCUT2D eigenvalue weighted by molar-refractivity contribution is -0.164. The van der Waals surface area contributed by atoms with Crippen molar-refractivity contribution >= 4 is 17.5 Å². The molecule has 0 aromatic rings. The molecule has 0 aromatic heterocycles. The number of hydrogen-bond donors (Lipinski definition) is 0. The fraction of sp³-hybridized carbons (Fsp3) is 0.842. The lowest BCUT2D eigenvalue weighted by atomic mass is 9.66. The highest BCUT2D eigenvalue weighted by atomic mass is 16.6. The quantitative estimate of drug-likeness (QED) is 0.579. The minimum Gasteiger partial charge on any atom is -0.460 e. The minimum atomic E-state index is -0.480. The molecule has 0 aromatic carbocycles. The molecule has 128 valence electrons. The van der Waals surface area contributed by atoms with Gasteiger partial charge in [-0.3, -0.25) is 14.4 Å². The van der Waals surface area contributed by atoms with Gasteiger partial charge in [-0.15, -0.1) is 0 Å². The first-order valence-electron chi connectivity index (χ1n) is 8.88. The molecule has 7 unspecified atom stereocenters. The molecule has 0 N–H and O–H groups in total. The Morgan fingerprint density at radius 2 is 1.74 bits per heavy atom. The first-order valence-corrected chi connectivity index (χ1v) is 8.88. The van der Waals surface area contributed by atoms with Crippen molar-refractivity contribution in [3.63, 3.8) is 0 Å². The second-order valence-corrected chi connectivity index (χ2v) is 8.90. The summed E-state index contributed by atoms with van der Waals surface area (Å²) in [5.74, 6) is 0.846. The van der Waals surface area contributed by atoms with Crippen LogP contribution in [-0.2, 0) is 19.1 Å². The summed E-state index contributed by atoms with van der Waals surface area (Å²) >= 11 is 0. The van der Waals surface area contributed by atoms with Crippen molar-refractivity contribution < 1.29 is 19.1 Å². The van der Waals surface area contributed by atoms with E-state index in [2.05, 4.69) is 6.92 Å². The number of Topliss-reactive ketones (excluding diaryl/α,β-unsaturated/α-hetero) is 2. The molecule has 3 aliphatic carbocycles. The Balaban J connectivity index is 1.81. The largest absolute Gasteiger partial charge is 0.460 e. The van der Waals surface area contributed by atoms with E-state index in [1.807, 2.05) is 27.7 Å². The minimum absolute atomic E-state index is 0.0730. The van der Waals surface area contributed by atoms with E-state index in [9.17, 15) is 14.4 Å². The van der Waals surface area contributed by atoms with E-state index in [0.717, 1.165) is 12.8 Å². The van der Waals surface area contributed by atoms with Crippen LogP contribution in [0.25, 0.3) is 0 Å². The van der Waals surface area contributed by atoms with E-state index in [0.29, 0.717) is 11.8 Å². The standard InChI is InChI=1S/C19H28O4/c1-9-11-6-12(13(7-11)18(22)23-19(3,4)5)16(9)17-10(2)14(20)8-15(17)21/h9-13,16-17H,6-8H2,1-5H3. The second-order valence-electron chi connectivity index (χ2n) is 8.90. The van der Waals surface area contributed by atoms with Crippen LogP contribution in [-0.4, -0.2) is 23.1 Å². The molecule has 3 fully saturated rings. The van der Waals surface area contributed by atoms with E-state index in [1.54, 1.807) is 0 Å². The summed E-state index contributed by atoms with van der Waals surface area (Å²) in [5, 5.41) is 0. The number of esters is 1. The van der Waals surface area contributed by atoms with E-state index >= 15 is 0 Å². The third kappa shape index (κ3) is 2.74. The predicted octanol–water partition coefficient (Wildman–Crippen LogP) is 3.03. The maximum atomic E-state index is 12.6. The van der Waals surface area contributed by atoms with E-state index in [-0.39, 0.29) is 53.5 Å². The van der Waals surface area contributed by atoms with E-state index < -0.39 is 5.60 Å². The van der Waals surface area contributed by atoms with Crippen LogP contribution in [0.1, 0.15) is 53.9 Å². The lowest BCUT2D eigenvalue weighted by Crippen LogP contribution is -2.41. The third-order valence-electron chi connectivity index (χ3n) is 6.38. The Morgan fingerprint density at radius 1 is 1.09 bits per heavy atom. The summed E-state index contributed by atoms with van der Waals surface area (Å²) in [4.78, 5) is 36.9. The fourth-order valence-electron chi connectivity index (χ4n) is 5.39. The van der Waals surface area contributed by atoms with Crippen LogP contribution in [0.5, 0.6) is 0 Å². The number of ketones is 2. The zero-order chi connectivity index (χ0) is 17.1. The molecule has 0 spiro atoms. The molecule has 0 amide bonds. The van der Waals surface area contributed by atoms with Crippen LogP contribution in [0.2, 0.25) is 0 Å². The zero-order valence-electron chi connectivity index (χ0n) is 14.8. The van der Waals surface area contributed by atoms with Crippen molar-refractivity contribution in [1.82, 2.24) is 0 Å². The van der Waals surface area contributed by atoms with E-state index in [1.165, 1.54) is 0 Å². The molecule has 4 heteroatoms. The summed E-state index contributed by atoms with van der Waals surface area (Å²) in [5.41, 5.74) is -0.480. The Labute approximate surface area is 138 Å². The van der Waals surface area contributed by atoms with Gasteiger partial charge in [-0.1, -0.05) is 13.8 Å². The van der Waals surface area contributed by atoms with Crippen LogP contribution in [0.3, 0.4) is 0 Å². The molecule has 2 bridgehead atoms. The Kier molecular flexibility index (Phi) is 3.93. The van der Waals surface area contributed by atoms with Crippen molar-refractivity contribution in [2.75, 3.05) is 0 Å².